The molecule has 2 aliphatic rings. The Bertz CT molecular complexity index is 1230. The number of benzene rings is 3. The fraction of sp³-hybridized carbons (Fsp3) is 0.182. The molecule has 2 aliphatic heterocycles. The van der Waals surface area contributed by atoms with Crippen molar-refractivity contribution in [2.45, 2.75) is 15.6 Å². The number of hydrogen-bond acceptors (Lipinski definition) is 6. The van der Waals surface area contributed by atoms with Crippen LogP contribution < -0.4 is 10.6 Å². The standard InChI is InChI=1S/C22H19ClN2O4S/c23-19-12-15(24)6-8-21(19)25-14-22(28-10-11-29-22)18-13-17(7-9-20(18)25)30(26,27)16-4-2-1-3-5-16/h1-9,12-13H,10-11,14,24H2. The van der Waals surface area contributed by atoms with E-state index in [1.54, 1.807) is 60.7 Å². The minimum Gasteiger partial charge on any atom is -0.399 e. The van der Waals surface area contributed by atoms with Gasteiger partial charge in [0.1, 0.15) is 0 Å². The van der Waals surface area contributed by atoms with Crippen LogP contribution in [0.3, 0.4) is 0 Å². The zero-order valence-electron chi connectivity index (χ0n) is 15.9. The number of sulfone groups is 1. The van der Waals surface area contributed by atoms with Crippen LogP contribution in [0.4, 0.5) is 17.1 Å². The van der Waals surface area contributed by atoms with E-state index < -0.39 is 15.6 Å². The molecular weight excluding hydrogens is 424 g/mol. The first-order chi connectivity index (χ1) is 14.4. The SMILES string of the molecule is Nc1ccc(N2CC3(OCCO3)c3cc(S(=O)(=O)c4ccccc4)ccc32)c(Cl)c1. The number of fused-ring (bicyclic) bond motifs is 2. The summed E-state index contributed by atoms with van der Waals surface area (Å²) < 4.78 is 38.3. The first-order valence-electron chi connectivity index (χ1n) is 9.46. The van der Waals surface area contributed by atoms with E-state index in [1.807, 2.05) is 11.0 Å². The van der Waals surface area contributed by atoms with Crippen molar-refractivity contribution in [3.05, 3.63) is 77.3 Å². The molecular formula is C22H19ClN2O4S. The summed E-state index contributed by atoms with van der Waals surface area (Å²) in [4.78, 5) is 2.40. The Morgan fingerprint density at radius 1 is 0.900 bits per heavy atom. The van der Waals surface area contributed by atoms with Gasteiger partial charge in [-0.3, -0.25) is 0 Å². The van der Waals surface area contributed by atoms with Gasteiger partial charge in [0.2, 0.25) is 15.6 Å². The third-order valence-corrected chi connectivity index (χ3v) is 7.49. The van der Waals surface area contributed by atoms with Crippen LogP contribution in [0.5, 0.6) is 0 Å². The first kappa shape index (κ1) is 19.4. The highest BCUT2D eigenvalue weighted by atomic mass is 35.5. The maximum absolute atomic E-state index is 13.1. The van der Waals surface area contributed by atoms with E-state index in [1.165, 1.54) is 0 Å². The molecule has 154 valence electrons. The minimum absolute atomic E-state index is 0.191. The van der Waals surface area contributed by atoms with E-state index in [9.17, 15) is 8.42 Å². The smallest absolute Gasteiger partial charge is 0.215 e. The van der Waals surface area contributed by atoms with Gasteiger partial charge in [-0.2, -0.15) is 0 Å². The zero-order valence-corrected chi connectivity index (χ0v) is 17.5. The lowest BCUT2D eigenvalue weighted by Crippen LogP contribution is -2.32. The lowest BCUT2D eigenvalue weighted by Gasteiger charge is -2.25. The molecule has 3 aromatic carbocycles. The molecule has 3 aromatic rings. The summed E-state index contributed by atoms with van der Waals surface area (Å²) in [7, 11) is -3.67. The minimum atomic E-state index is -3.67. The number of nitrogens with two attached hydrogens (primary N) is 1. The fourth-order valence-electron chi connectivity index (χ4n) is 4.00. The molecule has 2 N–H and O–H groups in total. The Balaban J connectivity index is 1.65. The van der Waals surface area contributed by atoms with E-state index in [2.05, 4.69) is 0 Å². The second kappa shape index (κ2) is 6.99. The van der Waals surface area contributed by atoms with Gasteiger partial charge in [0.15, 0.2) is 0 Å². The molecule has 0 amide bonds. The molecule has 1 saturated heterocycles. The van der Waals surface area contributed by atoms with E-state index >= 15 is 0 Å². The quantitative estimate of drug-likeness (QED) is 0.615. The Kier molecular flexibility index (Phi) is 4.52. The zero-order chi connectivity index (χ0) is 20.9. The lowest BCUT2D eigenvalue weighted by molar-refractivity contribution is -0.150. The number of rotatable bonds is 3. The molecule has 0 radical (unpaired) electrons. The van der Waals surface area contributed by atoms with Crippen LogP contribution in [-0.2, 0) is 25.1 Å². The average molecular weight is 443 g/mol. The number of nitrogens with zero attached hydrogens (tertiary/aromatic N) is 1. The predicted molar refractivity (Wildman–Crippen MR) is 115 cm³/mol. The third-order valence-electron chi connectivity index (χ3n) is 5.42. The van der Waals surface area contributed by atoms with Crippen molar-refractivity contribution < 1.29 is 17.9 Å². The Hall–Kier alpha value is -2.58. The summed E-state index contributed by atoms with van der Waals surface area (Å²) in [6.07, 6.45) is 0. The molecule has 0 unspecified atom stereocenters. The summed E-state index contributed by atoms with van der Waals surface area (Å²) in [5.41, 5.74) is 8.62. The Morgan fingerprint density at radius 3 is 2.30 bits per heavy atom. The molecule has 8 heteroatoms. The molecule has 0 saturated carbocycles. The molecule has 0 aliphatic carbocycles. The predicted octanol–water partition coefficient (Wildman–Crippen LogP) is 4.11. The van der Waals surface area contributed by atoms with E-state index in [0.717, 1.165) is 11.4 Å². The van der Waals surface area contributed by atoms with Crippen molar-refractivity contribution in [2.24, 2.45) is 0 Å². The molecule has 5 rings (SSSR count). The van der Waals surface area contributed by atoms with Gasteiger partial charge in [0.25, 0.3) is 0 Å². The van der Waals surface area contributed by atoms with E-state index in [-0.39, 0.29) is 9.79 Å². The molecule has 6 nitrogen and oxygen atoms in total. The van der Waals surface area contributed by atoms with Crippen LogP contribution in [0, 0.1) is 0 Å². The van der Waals surface area contributed by atoms with Crippen molar-refractivity contribution in [3.8, 4) is 0 Å². The number of ether oxygens (including phenoxy) is 2. The van der Waals surface area contributed by atoms with Gasteiger partial charge in [-0.25, -0.2) is 8.42 Å². The van der Waals surface area contributed by atoms with Crippen molar-refractivity contribution in [2.75, 3.05) is 30.4 Å². The van der Waals surface area contributed by atoms with Gasteiger partial charge >= 0.3 is 0 Å². The molecule has 0 atom stereocenters. The highest BCUT2D eigenvalue weighted by molar-refractivity contribution is 7.91. The lowest BCUT2D eigenvalue weighted by atomic mass is 10.1. The largest absolute Gasteiger partial charge is 0.399 e. The summed E-state index contributed by atoms with van der Waals surface area (Å²) in [6, 6.07) is 18.7. The monoisotopic (exact) mass is 442 g/mol. The molecule has 0 aromatic heterocycles. The van der Waals surface area contributed by atoms with Gasteiger partial charge in [-0.05, 0) is 48.5 Å². The van der Waals surface area contributed by atoms with E-state index in [0.29, 0.717) is 36.0 Å². The van der Waals surface area contributed by atoms with Crippen molar-refractivity contribution in [3.63, 3.8) is 0 Å². The first-order valence-corrected chi connectivity index (χ1v) is 11.3. The number of nitrogen functional groups attached to an aromatic ring is 1. The highest BCUT2D eigenvalue weighted by Gasteiger charge is 2.49. The normalized spacial score (nSPS) is 17.4. The summed E-state index contributed by atoms with van der Waals surface area (Å²) in [5.74, 6) is -1.04. The van der Waals surface area contributed by atoms with Crippen LogP contribution in [0.25, 0.3) is 0 Å². The second-order valence-electron chi connectivity index (χ2n) is 7.24. The van der Waals surface area contributed by atoms with Gasteiger partial charge in [-0.15, -0.1) is 0 Å². The van der Waals surface area contributed by atoms with Crippen LogP contribution >= 0.6 is 11.6 Å². The number of hydrogen-bond donors (Lipinski definition) is 1. The summed E-state index contributed by atoms with van der Waals surface area (Å²) in [6.45, 7) is 1.22. The molecule has 30 heavy (non-hydrogen) atoms. The van der Waals surface area contributed by atoms with Gasteiger partial charge in [-0.1, -0.05) is 29.8 Å². The fourth-order valence-corrected chi connectivity index (χ4v) is 5.59. The van der Waals surface area contributed by atoms with Gasteiger partial charge in [0.05, 0.1) is 45.9 Å². The molecule has 0 bridgehead atoms. The number of halogens is 1. The molecule has 1 fully saturated rings. The Morgan fingerprint density at radius 2 is 1.60 bits per heavy atom. The van der Waals surface area contributed by atoms with Crippen molar-refractivity contribution in [1.82, 2.24) is 0 Å². The summed E-state index contributed by atoms with van der Waals surface area (Å²) >= 11 is 6.46. The molecule has 2 heterocycles. The van der Waals surface area contributed by atoms with Crippen LogP contribution in [0.1, 0.15) is 5.56 Å². The maximum Gasteiger partial charge on any atom is 0.215 e. The van der Waals surface area contributed by atoms with E-state index in [4.69, 9.17) is 26.8 Å². The molecule has 1 spiro atoms. The van der Waals surface area contributed by atoms with Gasteiger partial charge in [0, 0.05) is 11.3 Å². The average Bonchev–Trinajstić information content (AvgIpc) is 3.34. The third kappa shape index (κ3) is 2.97. The van der Waals surface area contributed by atoms with Gasteiger partial charge < -0.3 is 20.1 Å². The van der Waals surface area contributed by atoms with Crippen LogP contribution in [0.15, 0.2) is 76.5 Å². The maximum atomic E-state index is 13.1. The van der Waals surface area contributed by atoms with Crippen LogP contribution in [-0.4, -0.2) is 28.2 Å². The van der Waals surface area contributed by atoms with Crippen LogP contribution in [0.2, 0.25) is 5.02 Å². The second-order valence-corrected chi connectivity index (χ2v) is 9.60. The van der Waals surface area contributed by atoms with Crippen molar-refractivity contribution in [1.29, 1.82) is 0 Å². The number of anilines is 3. The summed E-state index contributed by atoms with van der Waals surface area (Å²) in [5, 5.41) is 0.497. The van der Waals surface area contributed by atoms with Crippen molar-refractivity contribution >= 4 is 38.5 Å². The topological polar surface area (TPSA) is 81.9 Å². The highest BCUT2D eigenvalue weighted by Crippen LogP contribution is 2.50. The Labute approximate surface area is 179 Å².